The Morgan fingerprint density at radius 3 is 2.36 bits per heavy atom. The predicted octanol–water partition coefficient (Wildman–Crippen LogP) is 3.25. The van der Waals surface area contributed by atoms with Crippen LogP contribution in [0.15, 0.2) is 48.5 Å². The molecule has 2 heterocycles. The standard InChI is InChI=1S/C28H35N3O5/c1-19(2)17-29-25(32)24-18-36-28(31(24)27(34)21-8-10-23(35-4)11-9-21)12-14-30(15-13-28)26(33)22-7-5-6-20(3)16-22/h5-11,16,19,24H,12-15,17-18H2,1-4H3,(H,29,32). The number of aryl methyl sites for hydroxylation is 1. The molecule has 3 amide bonds. The Labute approximate surface area is 212 Å². The maximum absolute atomic E-state index is 13.8. The van der Waals surface area contributed by atoms with Crippen molar-refractivity contribution in [1.29, 1.82) is 0 Å². The largest absolute Gasteiger partial charge is 0.497 e. The molecule has 1 unspecified atom stereocenters. The van der Waals surface area contributed by atoms with Crippen molar-refractivity contribution >= 4 is 17.7 Å². The van der Waals surface area contributed by atoms with Gasteiger partial charge in [-0.3, -0.25) is 19.3 Å². The monoisotopic (exact) mass is 493 g/mol. The summed E-state index contributed by atoms with van der Waals surface area (Å²) >= 11 is 0. The molecule has 0 aliphatic carbocycles. The van der Waals surface area contributed by atoms with Crippen LogP contribution in [0, 0.1) is 12.8 Å². The molecule has 192 valence electrons. The van der Waals surface area contributed by atoms with Crippen molar-refractivity contribution in [2.45, 2.75) is 45.4 Å². The normalized spacial score (nSPS) is 19.0. The Hall–Kier alpha value is -3.39. The second kappa shape index (κ2) is 10.7. The number of ether oxygens (including phenoxy) is 2. The highest BCUT2D eigenvalue weighted by Gasteiger charge is 2.54. The van der Waals surface area contributed by atoms with E-state index in [1.165, 1.54) is 0 Å². The smallest absolute Gasteiger partial charge is 0.256 e. The minimum Gasteiger partial charge on any atom is -0.497 e. The molecular formula is C28H35N3O5. The fraction of sp³-hybridized carbons (Fsp3) is 0.464. The van der Waals surface area contributed by atoms with Gasteiger partial charge in [0.05, 0.1) is 13.7 Å². The van der Waals surface area contributed by atoms with E-state index < -0.39 is 11.8 Å². The molecule has 0 aromatic heterocycles. The van der Waals surface area contributed by atoms with Crippen LogP contribution < -0.4 is 10.1 Å². The van der Waals surface area contributed by atoms with Gasteiger partial charge in [0.1, 0.15) is 17.5 Å². The Morgan fingerprint density at radius 2 is 1.75 bits per heavy atom. The fourth-order valence-corrected chi connectivity index (χ4v) is 4.88. The van der Waals surface area contributed by atoms with Gasteiger partial charge in [-0.25, -0.2) is 0 Å². The molecule has 2 fully saturated rings. The molecule has 8 heteroatoms. The molecule has 8 nitrogen and oxygen atoms in total. The van der Waals surface area contributed by atoms with Crippen molar-refractivity contribution in [1.82, 2.24) is 15.1 Å². The summed E-state index contributed by atoms with van der Waals surface area (Å²) in [6, 6.07) is 13.7. The molecule has 0 saturated carbocycles. The van der Waals surface area contributed by atoms with Crippen molar-refractivity contribution in [2.75, 3.05) is 33.4 Å². The third-order valence-electron chi connectivity index (χ3n) is 6.90. The zero-order valence-electron chi connectivity index (χ0n) is 21.5. The number of likely N-dealkylation sites (tertiary alicyclic amines) is 1. The predicted molar refractivity (Wildman–Crippen MR) is 136 cm³/mol. The molecule has 2 aromatic rings. The van der Waals surface area contributed by atoms with E-state index in [0.717, 1.165) is 5.56 Å². The lowest BCUT2D eigenvalue weighted by Gasteiger charge is -2.44. The van der Waals surface area contributed by atoms with Crippen LogP contribution in [-0.2, 0) is 9.53 Å². The van der Waals surface area contributed by atoms with Crippen LogP contribution in [0.4, 0.5) is 0 Å². The lowest BCUT2D eigenvalue weighted by molar-refractivity contribution is -0.128. The number of carbonyl (C=O) groups is 3. The maximum Gasteiger partial charge on any atom is 0.256 e. The van der Waals surface area contributed by atoms with Gasteiger partial charge in [-0.2, -0.15) is 0 Å². The number of nitrogens with one attached hydrogen (secondary N) is 1. The minimum atomic E-state index is -0.944. The SMILES string of the molecule is COc1ccc(C(=O)N2C(C(=O)NCC(C)C)COC23CCN(C(=O)c2cccc(C)c2)CC3)cc1. The molecule has 1 atom stereocenters. The van der Waals surface area contributed by atoms with Crippen molar-refractivity contribution in [3.8, 4) is 5.75 Å². The molecule has 1 spiro atoms. The number of amides is 3. The highest BCUT2D eigenvalue weighted by atomic mass is 16.5. The zero-order valence-corrected chi connectivity index (χ0v) is 21.5. The lowest BCUT2D eigenvalue weighted by atomic mass is 9.96. The highest BCUT2D eigenvalue weighted by molar-refractivity contribution is 5.99. The summed E-state index contributed by atoms with van der Waals surface area (Å²) in [4.78, 5) is 43.4. The van der Waals surface area contributed by atoms with Crippen LogP contribution in [-0.4, -0.2) is 72.6 Å². The zero-order chi connectivity index (χ0) is 25.9. The van der Waals surface area contributed by atoms with Gasteiger partial charge in [0, 0.05) is 43.6 Å². The number of benzene rings is 2. The number of piperidine rings is 1. The fourth-order valence-electron chi connectivity index (χ4n) is 4.88. The number of rotatable bonds is 6. The Balaban J connectivity index is 1.56. The molecule has 2 aromatic carbocycles. The summed E-state index contributed by atoms with van der Waals surface area (Å²) < 4.78 is 11.5. The Bertz CT molecular complexity index is 1110. The van der Waals surface area contributed by atoms with Crippen LogP contribution in [0.25, 0.3) is 0 Å². The molecule has 1 N–H and O–H groups in total. The van der Waals surface area contributed by atoms with E-state index >= 15 is 0 Å². The topological polar surface area (TPSA) is 88.2 Å². The highest BCUT2D eigenvalue weighted by Crippen LogP contribution is 2.39. The first-order valence-electron chi connectivity index (χ1n) is 12.5. The van der Waals surface area contributed by atoms with Crippen LogP contribution >= 0.6 is 0 Å². The van der Waals surface area contributed by atoms with Crippen molar-refractivity contribution in [2.24, 2.45) is 5.92 Å². The van der Waals surface area contributed by atoms with Gasteiger partial charge in [0.25, 0.3) is 11.8 Å². The van der Waals surface area contributed by atoms with Crippen LogP contribution in [0.2, 0.25) is 0 Å². The summed E-state index contributed by atoms with van der Waals surface area (Å²) in [5.41, 5.74) is 1.19. The van der Waals surface area contributed by atoms with E-state index in [4.69, 9.17) is 9.47 Å². The van der Waals surface area contributed by atoms with Crippen molar-refractivity contribution in [3.05, 3.63) is 65.2 Å². The number of carbonyl (C=O) groups excluding carboxylic acids is 3. The summed E-state index contributed by atoms with van der Waals surface area (Å²) in [7, 11) is 1.57. The number of hydrogen-bond acceptors (Lipinski definition) is 5. The second-order valence-corrected chi connectivity index (χ2v) is 9.98. The number of methoxy groups -OCH3 is 1. The van der Waals surface area contributed by atoms with E-state index in [9.17, 15) is 14.4 Å². The molecule has 36 heavy (non-hydrogen) atoms. The molecule has 2 saturated heterocycles. The van der Waals surface area contributed by atoms with Crippen LogP contribution in [0.3, 0.4) is 0 Å². The van der Waals surface area contributed by atoms with E-state index in [-0.39, 0.29) is 30.2 Å². The third-order valence-corrected chi connectivity index (χ3v) is 6.90. The molecule has 0 bridgehead atoms. The number of nitrogens with zero attached hydrogens (tertiary/aromatic N) is 2. The second-order valence-electron chi connectivity index (χ2n) is 9.98. The van der Waals surface area contributed by atoms with E-state index in [2.05, 4.69) is 5.32 Å². The van der Waals surface area contributed by atoms with Crippen LogP contribution in [0.1, 0.15) is 53.0 Å². The maximum atomic E-state index is 13.8. The lowest BCUT2D eigenvalue weighted by Crippen LogP contribution is -2.60. The third kappa shape index (κ3) is 5.23. The average molecular weight is 494 g/mol. The molecule has 0 radical (unpaired) electrons. The first-order chi connectivity index (χ1) is 17.2. The molecular weight excluding hydrogens is 458 g/mol. The van der Waals surface area contributed by atoms with E-state index in [1.807, 2.05) is 45.0 Å². The molecule has 2 aliphatic rings. The summed E-state index contributed by atoms with van der Waals surface area (Å²) in [5, 5.41) is 2.96. The first kappa shape index (κ1) is 25.7. The van der Waals surface area contributed by atoms with Gasteiger partial charge in [0.15, 0.2) is 0 Å². The van der Waals surface area contributed by atoms with Crippen molar-refractivity contribution in [3.63, 3.8) is 0 Å². The summed E-state index contributed by atoms with van der Waals surface area (Å²) in [5.74, 6) is 0.407. The van der Waals surface area contributed by atoms with Gasteiger partial charge in [-0.1, -0.05) is 31.5 Å². The first-order valence-corrected chi connectivity index (χ1v) is 12.5. The van der Waals surface area contributed by atoms with E-state index in [1.54, 1.807) is 41.2 Å². The van der Waals surface area contributed by atoms with Crippen molar-refractivity contribution < 1.29 is 23.9 Å². The number of hydrogen-bond donors (Lipinski definition) is 1. The Kier molecular flexibility index (Phi) is 7.64. The Morgan fingerprint density at radius 1 is 1.06 bits per heavy atom. The summed E-state index contributed by atoms with van der Waals surface area (Å²) in [6.07, 6.45) is 0.862. The minimum absolute atomic E-state index is 0.0363. The van der Waals surface area contributed by atoms with Gasteiger partial charge < -0.3 is 19.7 Å². The average Bonchev–Trinajstić information content (AvgIpc) is 3.25. The van der Waals surface area contributed by atoms with Crippen LogP contribution in [0.5, 0.6) is 5.75 Å². The van der Waals surface area contributed by atoms with Gasteiger partial charge in [-0.05, 0) is 49.2 Å². The summed E-state index contributed by atoms with van der Waals surface area (Å²) in [6.45, 7) is 7.51. The van der Waals surface area contributed by atoms with E-state index in [0.29, 0.717) is 49.4 Å². The van der Waals surface area contributed by atoms with Gasteiger partial charge in [0.2, 0.25) is 5.91 Å². The quantitative estimate of drug-likeness (QED) is 0.668. The molecule has 4 rings (SSSR count). The molecule has 2 aliphatic heterocycles. The van der Waals surface area contributed by atoms with Gasteiger partial charge >= 0.3 is 0 Å². The van der Waals surface area contributed by atoms with Gasteiger partial charge in [-0.15, -0.1) is 0 Å².